The summed E-state index contributed by atoms with van der Waals surface area (Å²) in [6, 6.07) is 11.6. The summed E-state index contributed by atoms with van der Waals surface area (Å²) in [5, 5.41) is 3.80. The van der Waals surface area contributed by atoms with E-state index >= 15 is 0 Å². The van der Waals surface area contributed by atoms with Crippen molar-refractivity contribution in [3.63, 3.8) is 0 Å². The highest BCUT2D eigenvalue weighted by Crippen LogP contribution is 2.33. The van der Waals surface area contributed by atoms with E-state index in [2.05, 4.69) is 10.3 Å². The van der Waals surface area contributed by atoms with Crippen molar-refractivity contribution in [2.24, 2.45) is 10.7 Å². The quantitative estimate of drug-likeness (QED) is 0.396. The number of ether oxygens (including phenoxy) is 2. The van der Waals surface area contributed by atoms with Crippen molar-refractivity contribution in [3.8, 4) is 11.5 Å². The molecule has 0 spiro atoms. The van der Waals surface area contributed by atoms with Gasteiger partial charge in [-0.15, -0.1) is 24.0 Å². The molecule has 1 aliphatic rings. The zero-order valence-electron chi connectivity index (χ0n) is 13.9. The first-order valence-corrected chi connectivity index (χ1v) is 8.15. The zero-order chi connectivity index (χ0) is 16.9. The number of para-hydroxylation sites is 1. The number of benzene rings is 2. The third-order valence-electron chi connectivity index (χ3n) is 3.90. The van der Waals surface area contributed by atoms with Crippen molar-refractivity contribution in [3.05, 3.63) is 58.1 Å². The number of methoxy groups -OCH3 is 1. The van der Waals surface area contributed by atoms with Gasteiger partial charge in [-0.2, -0.15) is 0 Å². The van der Waals surface area contributed by atoms with Crippen LogP contribution in [0.1, 0.15) is 16.7 Å². The van der Waals surface area contributed by atoms with Crippen LogP contribution in [0.5, 0.6) is 11.5 Å². The van der Waals surface area contributed by atoms with Crippen molar-refractivity contribution in [1.29, 1.82) is 0 Å². The van der Waals surface area contributed by atoms with E-state index in [9.17, 15) is 0 Å². The molecule has 1 heterocycles. The number of nitrogens with one attached hydrogen (secondary N) is 1. The number of nitrogens with zero attached hydrogens (tertiary/aromatic N) is 1. The third-order valence-corrected chi connectivity index (χ3v) is 4.12. The topological polar surface area (TPSA) is 68.9 Å². The maximum absolute atomic E-state index is 6.15. The van der Waals surface area contributed by atoms with Gasteiger partial charge in [0.15, 0.2) is 5.96 Å². The van der Waals surface area contributed by atoms with Gasteiger partial charge in [-0.3, -0.25) is 0 Å². The predicted molar refractivity (Wildman–Crippen MR) is 111 cm³/mol. The first-order valence-electron chi connectivity index (χ1n) is 7.77. The van der Waals surface area contributed by atoms with Crippen LogP contribution in [-0.4, -0.2) is 19.7 Å². The van der Waals surface area contributed by atoms with Crippen LogP contribution in [0.25, 0.3) is 0 Å². The van der Waals surface area contributed by atoms with E-state index in [0.717, 1.165) is 34.6 Å². The molecule has 25 heavy (non-hydrogen) atoms. The molecule has 2 aromatic carbocycles. The average molecular weight is 474 g/mol. The van der Waals surface area contributed by atoms with Gasteiger partial charge in [-0.25, -0.2) is 4.99 Å². The molecule has 7 heteroatoms. The second-order valence-corrected chi connectivity index (χ2v) is 5.95. The molecule has 0 atom stereocenters. The lowest BCUT2D eigenvalue weighted by Gasteiger charge is -2.10. The van der Waals surface area contributed by atoms with Crippen LogP contribution in [0.3, 0.4) is 0 Å². The van der Waals surface area contributed by atoms with Gasteiger partial charge in [-0.05, 0) is 23.8 Å². The number of rotatable bonds is 5. The van der Waals surface area contributed by atoms with Gasteiger partial charge in [0.1, 0.15) is 11.5 Å². The van der Waals surface area contributed by atoms with Gasteiger partial charge >= 0.3 is 0 Å². The minimum atomic E-state index is 0. The largest absolute Gasteiger partial charge is 0.496 e. The molecule has 0 amide bonds. The molecule has 0 aliphatic carbocycles. The SMILES string of the molecule is COc1ccccc1CNC(N)=NCc1cc(Cl)cc2c1OCC2.I. The summed E-state index contributed by atoms with van der Waals surface area (Å²) in [5.74, 6) is 2.08. The number of hydrogen-bond acceptors (Lipinski definition) is 3. The number of halogens is 2. The van der Waals surface area contributed by atoms with Crippen molar-refractivity contribution in [1.82, 2.24) is 5.32 Å². The predicted octanol–water partition coefficient (Wildman–Crippen LogP) is 3.51. The highest BCUT2D eigenvalue weighted by Gasteiger charge is 2.17. The molecule has 0 aromatic heterocycles. The Bertz CT molecular complexity index is 768. The number of aliphatic imine (C=N–C) groups is 1. The van der Waals surface area contributed by atoms with E-state index < -0.39 is 0 Å². The van der Waals surface area contributed by atoms with E-state index in [1.165, 1.54) is 0 Å². The molecule has 0 fully saturated rings. The number of fused-ring (bicyclic) bond motifs is 1. The van der Waals surface area contributed by atoms with E-state index in [1.54, 1.807) is 7.11 Å². The van der Waals surface area contributed by atoms with E-state index in [1.807, 2.05) is 36.4 Å². The Balaban J connectivity index is 0.00000225. The van der Waals surface area contributed by atoms with Crippen molar-refractivity contribution < 1.29 is 9.47 Å². The maximum Gasteiger partial charge on any atom is 0.189 e. The van der Waals surface area contributed by atoms with Crippen LogP contribution in [0.2, 0.25) is 5.02 Å². The molecule has 0 unspecified atom stereocenters. The van der Waals surface area contributed by atoms with Crippen molar-refractivity contribution in [2.75, 3.05) is 13.7 Å². The van der Waals surface area contributed by atoms with Gasteiger partial charge in [-0.1, -0.05) is 29.8 Å². The lowest BCUT2D eigenvalue weighted by Crippen LogP contribution is -2.31. The fraction of sp³-hybridized carbons (Fsp3) is 0.278. The molecular formula is C18H21ClIN3O2. The zero-order valence-corrected chi connectivity index (χ0v) is 17.0. The van der Waals surface area contributed by atoms with E-state index in [-0.39, 0.29) is 24.0 Å². The highest BCUT2D eigenvalue weighted by atomic mass is 127. The number of nitrogens with two attached hydrogens (primary N) is 1. The minimum Gasteiger partial charge on any atom is -0.496 e. The van der Waals surface area contributed by atoms with Gasteiger partial charge in [0.25, 0.3) is 0 Å². The van der Waals surface area contributed by atoms with Crippen molar-refractivity contribution in [2.45, 2.75) is 19.5 Å². The second-order valence-electron chi connectivity index (χ2n) is 5.52. The Hall–Kier alpha value is -1.67. The van der Waals surface area contributed by atoms with Crippen LogP contribution >= 0.6 is 35.6 Å². The van der Waals surface area contributed by atoms with Crippen molar-refractivity contribution >= 4 is 41.5 Å². The second kappa shape index (κ2) is 9.15. The van der Waals surface area contributed by atoms with Gasteiger partial charge < -0.3 is 20.5 Å². The lowest BCUT2D eigenvalue weighted by atomic mass is 10.1. The molecule has 3 rings (SSSR count). The van der Waals surface area contributed by atoms with Crippen LogP contribution < -0.4 is 20.5 Å². The van der Waals surface area contributed by atoms with Gasteiger partial charge in [0, 0.05) is 29.1 Å². The highest BCUT2D eigenvalue weighted by molar-refractivity contribution is 14.0. The number of hydrogen-bond donors (Lipinski definition) is 2. The van der Waals surface area contributed by atoms with Gasteiger partial charge in [0.05, 0.1) is 20.3 Å². The molecule has 134 valence electrons. The average Bonchev–Trinajstić information content (AvgIpc) is 3.06. The van der Waals surface area contributed by atoms with Crippen LogP contribution in [0.4, 0.5) is 0 Å². The fourth-order valence-electron chi connectivity index (χ4n) is 2.72. The molecule has 1 aliphatic heterocycles. The van der Waals surface area contributed by atoms with Crippen LogP contribution in [-0.2, 0) is 19.5 Å². The Morgan fingerprint density at radius 1 is 1.32 bits per heavy atom. The summed E-state index contributed by atoms with van der Waals surface area (Å²) in [7, 11) is 1.65. The summed E-state index contributed by atoms with van der Waals surface area (Å²) in [6.45, 7) is 1.66. The standard InChI is InChI=1S/C18H20ClN3O2.HI/c1-23-16-5-3-2-4-13(16)10-21-18(20)22-11-14-9-15(19)8-12-6-7-24-17(12)14;/h2-5,8-9H,6-7,10-11H2,1H3,(H3,20,21,22);1H. The number of guanidine groups is 1. The lowest BCUT2D eigenvalue weighted by molar-refractivity contribution is 0.353. The summed E-state index contributed by atoms with van der Waals surface area (Å²) in [6.07, 6.45) is 0.883. The Morgan fingerprint density at radius 3 is 2.92 bits per heavy atom. The molecule has 0 radical (unpaired) electrons. The molecule has 0 bridgehead atoms. The molecule has 0 saturated carbocycles. The minimum absolute atomic E-state index is 0. The molecule has 5 nitrogen and oxygen atoms in total. The summed E-state index contributed by atoms with van der Waals surface area (Å²) in [4.78, 5) is 4.39. The fourth-order valence-corrected chi connectivity index (χ4v) is 2.99. The van der Waals surface area contributed by atoms with E-state index in [4.69, 9.17) is 26.8 Å². The molecule has 0 saturated heterocycles. The first kappa shape index (κ1) is 19.7. The smallest absolute Gasteiger partial charge is 0.189 e. The molecule has 3 N–H and O–H groups in total. The monoisotopic (exact) mass is 473 g/mol. The normalized spacial score (nSPS) is 12.8. The summed E-state index contributed by atoms with van der Waals surface area (Å²) >= 11 is 6.15. The first-order chi connectivity index (χ1) is 11.7. The van der Waals surface area contributed by atoms with Crippen LogP contribution in [0, 0.1) is 0 Å². The Morgan fingerprint density at radius 2 is 2.12 bits per heavy atom. The van der Waals surface area contributed by atoms with Gasteiger partial charge in [0.2, 0.25) is 0 Å². The maximum atomic E-state index is 6.15. The van der Waals surface area contributed by atoms with E-state index in [0.29, 0.717) is 30.7 Å². The van der Waals surface area contributed by atoms with Crippen LogP contribution in [0.15, 0.2) is 41.4 Å². The third kappa shape index (κ3) is 4.92. The molecular weight excluding hydrogens is 453 g/mol. The summed E-state index contributed by atoms with van der Waals surface area (Å²) in [5.41, 5.74) is 9.08. The molecule has 2 aromatic rings. The summed E-state index contributed by atoms with van der Waals surface area (Å²) < 4.78 is 11.0. The Kier molecular flexibility index (Phi) is 7.19. The Labute approximate surface area is 169 Å².